The van der Waals surface area contributed by atoms with E-state index in [0.717, 1.165) is 25.9 Å². The molecule has 132 valence electrons. The average molecular weight is 342 g/mol. The lowest BCUT2D eigenvalue weighted by molar-refractivity contribution is -0.139. The van der Waals surface area contributed by atoms with Gasteiger partial charge in [0.05, 0.1) is 12.6 Å². The first kappa shape index (κ1) is 16.1. The highest BCUT2D eigenvalue weighted by atomic mass is 16.2. The van der Waals surface area contributed by atoms with Crippen LogP contribution in [0.15, 0.2) is 30.3 Å². The van der Waals surface area contributed by atoms with Crippen molar-refractivity contribution in [3.8, 4) is 0 Å². The predicted octanol–water partition coefficient (Wildman–Crippen LogP) is 0.414. The van der Waals surface area contributed by atoms with Crippen LogP contribution >= 0.6 is 0 Å². The molecule has 0 bridgehead atoms. The Morgan fingerprint density at radius 1 is 1.12 bits per heavy atom. The molecule has 0 aliphatic carbocycles. The van der Waals surface area contributed by atoms with E-state index in [0.29, 0.717) is 19.6 Å². The van der Waals surface area contributed by atoms with Crippen LogP contribution in [0.4, 0.5) is 4.79 Å². The zero-order valence-corrected chi connectivity index (χ0v) is 14.1. The minimum absolute atomic E-state index is 0.0835. The van der Waals surface area contributed by atoms with Gasteiger partial charge in [-0.3, -0.25) is 19.8 Å². The summed E-state index contributed by atoms with van der Waals surface area (Å²) < 4.78 is 0. The van der Waals surface area contributed by atoms with Gasteiger partial charge in [0.25, 0.3) is 5.91 Å². The van der Waals surface area contributed by atoms with Gasteiger partial charge in [0.15, 0.2) is 0 Å². The molecule has 3 aliphatic rings. The first-order valence-electron chi connectivity index (χ1n) is 8.82. The highest BCUT2D eigenvalue weighted by molar-refractivity contribution is 6.04. The number of imide groups is 1. The molecule has 0 aromatic heterocycles. The minimum atomic E-state index is -0.533. The van der Waals surface area contributed by atoms with Crippen molar-refractivity contribution in [3.05, 3.63) is 35.9 Å². The van der Waals surface area contributed by atoms with Gasteiger partial charge in [-0.05, 0) is 24.9 Å². The van der Waals surface area contributed by atoms with Gasteiger partial charge >= 0.3 is 6.03 Å². The van der Waals surface area contributed by atoms with Crippen molar-refractivity contribution in [2.24, 2.45) is 0 Å². The van der Waals surface area contributed by atoms with Crippen LogP contribution in [0.1, 0.15) is 18.4 Å². The standard InChI is InChI=1S/C18H22N4O3/c23-16-15-12-21(9-10-22(15)18(25)19-16)17(24)14-7-4-8-20(14)11-13-5-2-1-3-6-13/h1-3,5-6,14-15H,4,7-12H2,(H,19,23,25)/t14-,15-/m0/s1. The SMILES string of the molecule is O=C1NC(=O)N2CCN(C(=O)[C@@H]3CCCN3Cc3ccccc3)C[C@@H]12. The first-order chi connectivity index (χ1) is 12.1. The summed E-state index contributed by atoms with van der Waals surface area (Å²) in [5, 5.41) is 2.33. The predicted molar refractivity (Wildman–Crippen MR) is 90.5 cm³/mol. The number of nitrogens with zero attached hydrogens (tertiary/aromatic N) is 3. The Bertz CT molecular complexity index is 693. The summed E-state index contributed by atoms with van der Waals surface area (Å²) in [4.78, 5) is 42.1. The maximum absolute atomic E-state index is 13.0. The molecule has 3 saturated heterocycles. The van der Waals surface area contributed by atoms with Crippen LogP contribution in [-0.2, 0) is 16.1 Å². The Kier molecular flexibility index (Phi) is 4.17. The molecule has 7 nitrogen and oxygen atoms in total. The fraction of sp³-hybridized carbons (Fsp3) is 0.500. The largest absolute Gasteiger partial charge is 0.337 e. The van der Waals surface area contributed by atoms with Gasteiger partial charge in [-0.15, -0.1) is 0 Å². The molecule has 3 heterocycles. The normalized spacial score (nSPS) is 26.7. The Hall–Kier alpha value is -2.41. The van der Waals surface area contributed by atoms with Gasteiger partial charge < -0.3 is 9.80 Å². The van der Waals surface area contributed by atoms with Crippen LogP contribution in [-0.4, -0.2) is 70.8 Å². The zero-order valence-electron chi connectivity index (χ0n) is 14.1. The van der Waals surface area contributed by atoms with Crippen molar-refractivity contribution < 1.29 is 14.4 Å². The Labute approximate surface area is 146 Å². The molecule has 1 aromatic rings. The number of piperazine rings is 1. The molecule has 0 unspecified atom stereocenters. The summed E-state index contributed by atoms with van der Waals surface area (Å²) in [6.45, 7) is 2.88. The number of likely N-dealkylation sites (tertiary alicyclic amines) is 1. The van der Waals surface area contributed by atoms with Crippen LogP contribution in [0.25, 0.3) is 0 Å². The summed E-state index contributed by atoms with van der Waals surface area (Å²) in [6, 6.07) is 9.16. The molecule has 3 aliphatic heterocycles. The fourth-order valence-corrected chi connectivity index (χ4v) is 4.03. The molecular formula is C18H22N4O3. The molecule has 1 aromatic carbocycles. The Morgan fingerprint density at radius 3 is 2.72 bits per heavy atom. The number of hydrogen-bond donors (Lipinski definition) is 1. The molecule has 0 radical (unpaired) electrons. The monoisotopic (exact) mass is 342 g/mol. The van der Waals surface area contributed by atoms with Crippen molar-refractivity contribution in [2.75, 3.05) is 26.2 Å². The number of fused-ring (bicyclic) bond motifs is 1. The van der Waals surface area contributed by atoms with E-state index < -0.39 is 6.04 Å². The lowest BCUT2D eigenvalue weighted by Gasteiger charge is -2.38. The van der Waals surface area contributed by atoms with Crippen molar-refractivity contribution in [1.29, 1.82) is 0 Å². The highest BCUT2D eigenvalue weighted by Crippen LogP contribution is 2.24. The number of benzene rings is 1. The third kappa shape index (κ3) is 3.00. The number of amides is 4. The van der Waals surface area contributed by atoms with E-state index in [9.17, 15) is 14.4 Å². The second kappa shape index (κ2) is 6.48. The van der Waals surface area contributed by atoms with E-state index in [-0.39, 0.29) is 23.9 Å². The van der Waals surface area contributed by atoms with E-state index in [1.165, 1.54) is 10.5 Å². The minimum Gasteiger partial charge on any atom is -0.337 e. The lowest BCUT2D eigenvalue weighted by atomic mass is 10.1. The van der Waals surface area contributed by atoms with Gasteiger partial charge in [0.2, 0.25) is 5.91 Å². The van der Waals surface area contributed by atoms with Crippen molar-refractivity contribution >= 4 is 17.8 Å². The Balaban J connectivity index is 1.43. The lowest BCUT2D eigenvalue weighted by Crippen LogP contribution is -2.57. The number of carbonyl (C=O) groups is 3. The van der Waals surface area contributed by atoms with Crippen LogP contribution in [0.3, 0.4) is 0 Å². The first-order valence-corrected chi connectivity index (χ1v) is 8.82. The molecule has 0 spiro atoms. The molecule has 25 heavy (non-hydrogen) atoms. The summed E-state index contributed by atoms with van der Waals surface area (Å²) in [7, 11) is 0. The summed E-state index contributed by atoms with van der Waals surface area (Å²) in [6.07, 6.45) is 1.85. The van der Waals surface area contributed by atoms with Crippen LogP contribution in [0, 0.1) is 0 Å². The van der Waals surface area contributed by atoms with Crippen LogP contribution < -0.4 is 5.32 Å². The maximum atomic E-state index is 13.0. The highest BCUT2D eigenvalue weighted by Gasteiger charge is 2.44. The number of rotatable bonds is 3. The maximum Gasteiger partial charge on any atom is 0.324 e. The molecule has 7 heteroatoms. The third-order valence-corrected chi connectivity index (χ3v) is 5.36. The molecule has 4 rings (SSSR count). The number of urea groups is 1. The molecular weight excluding hydrogens is 320 g/mol. The van der Waals surface area contributed by atoms with Crippen molar-refractivity contribution in [2.45, 2.75) is 31.5 Å². The second-order valence-electron chi connectivity index (χ2n) is 6.90. The Morgan fingerprint density at radius 2 is 1.92 bits per heavy atom. The van der Waals surface area contributed by atoms with E-state index in [1.54, 1.807) is 4.90 Å². The van der Waals surface area contributed by atoms with Gasteiger partial charge in [0.1, 0.15) is 6.04 Å². The molecule has 4 amide bonds. The van der Waals surface area contributed by atoms with Crippen LogP contribution in [0.2, 0.25) is 0 Å². The van der Waals surface area contributed by atoms with Crippen molar-refractivity contribution in [1.82, 2.24) is 20.0 Å². The smallest absolute Gasteiger partial charge is 0.324 e. The fourth-order valence-electron chi connectivity index (χ4n) is 4.03. The van der Waals surface area contributed by atoms with Crippen LogP contribution in [0.5, 0.6) is 0 Å². The molecule has 1 N–H and O–H groups in total. The zero-order chi connectivity index (χ0) is 17.4. The van der Waals surface area contributed by atoms with Gasteiger partial charge in [-0.1, -0.05) is 30.3 Å². The number of nitrogens with one attached hydrogen (secondary N) is 1. The van der Waals surface area contributed by atoms with Crippen molar-refractivity contribution in [3.63, 3.8) is 0 Å². The third-order valence-electron chi connectivity index (χ3n) is 5.36. The topological polar surface area (TPSA) is 73.0 Å². The van der Waals surface area contributed by atoms with E-state index >= 15 is 0 Å². The molecule has 3 fully saturated rings. The molecule has 0 saturated carbocycles. The summed E-state index contributed by atoms with van der Waals surface area (Å²) in [5.74, 6) is -0.213. The molecule has 2 atom stereocenters. The second-order valence-corrected chi connectivity index (χ2v) is 6.90. The number of carbonyl (C=O) groups excluding carboxylic acids is 3. The van der Waals surface area contributed by atoms with E-state index in [1.807, 2.05) is 18.2 Å². The average Bonchev–Trinajstić information content (AvgIpc) is 3.20. The van der Waals surface area contributed by atoms with Gasteiger partial charge in [-0.25, -0.2) is 4.79 Å². The summed E-state index contributed by atoms with van der Waals surface area (Å²) >= 11 is 0. The quantitative estimate of drug-likeness (QED) is 0.808. The van der Waals surface area contributed by atoms with E-state index in [4.69, 9.17) is 0 Å². The summed E-state index contributed by atoms with van der Waals surface area (Å²) in [5.41, 5.74) is 1.20. The van der Waals surface area contributed by atoms with Gasteiger partial charge in [-0.2, -0.15) is 0 Å². The van der Waals surface area contributed by atoms with Gasteiger partial charge in [0, 0.05) is 19.6 Å². The van der Waals surface area contributed by atoms with E-state index in [2.05, 4.69) is 22.3 Å². The number of hydrogen-bond acceptors (Lipinski definition) is 4.